The lowest BCUT2D eigenvalue weighted by Gasteiger charge is -2.15. The first-order chi connectivity index (χ1) is 10.7. The van der Waals surface area contributed by atoms with Crippen molar-refractivity contribution in [2.45, 2.75) is 39.4 Å². The Bertz CT molecular complexity index is 631. The second kappa shape index (κ2) is 6.79. The van der Waals surface area contributed by atoms with Gasteiger partial charge in [0.2, 0.25) is 5.91 Å². The van der Waals surface area contributed by atoms with Gasteiger partial charge < -0.3 is 14.6 Å². The summed E-state index contributed by atoms with van der Waals surface area (Å²) in [6.07, 6.45) is 1.70. The number of hydrogen-bond donors (Lipinski definition) is 1. The summed E-state index contributed by atoms with van der Waals surface area (Å²) in [5.41, 5.74) is 2.43. The van der Waals surface area contributed by atoms with Gasteiger partial charge in [0.1, 0.15) is 11.5 Å². The van der Waals surface area contributed by atoms with Crippen LogP contribution in [0.1, 0.15) is 35.5 Å². The van der Waals surface area contributed by atoms with E-state index in [1.54, 1.807) is 0 Å². The zero-order chi connectivity index (χ0) is 15.4. The third-order valence-corrected chi connectivity index (χ3v) is 3.99. The van der Waals surface area contributed by atoms with E-state index in [0.717, 1.165) is 44.1 Å². The Morgan fingerprint density at radius 1 is 1.09 bits per heavy atom. The Kier molecular flexibility index (Phi) is 4.59. The summed E-state index contributed by atoms with van der Waals surface area (Å²) in [5.74, 6) is 2.18. The molecule has 1 fully saturated rings. The highest BCUT2D eigenvalue weighted by atomic mass is 16.3. The van der Waals surface area contributed by atoms with E-state index in [-0.39, 0.29) is 5.91 Å². The predicted molar refractivity (Wildman–Crippen MR) is 85.1 cm³/mol. The van der Waals surface area contributed by atoms with Crippen molar-refractivity contribution >= 4 is 5.91 Å². The van der Waals surface area contributed by atoms with Crippen molar-refractivity contribution in [3.63, 3.8) is 0 Å². The maximum absolute atomic E-state index is 11.6. The molecule has 22 heavy (non-hydrogen) atoms. The molecule has 116 valence electrons. The van der Waals surface area contributed by atoms with Crippen molar-refractivity contribution in [2.24, 2.45) is 0 Å². The van der Waals surface area contributed by atoms with Gasteiger partial charge in [-0.2, -0.15) is 0 Å². The molecule has 0 aliphatic carbocycles. The first-order valence-corrected chi connectivity index (χ1v) is 7.82. The van der Waals surface area contributed by atoms with Crippen LogP contribution < -0.4 is 5.32 Å². The Labute approximate surface area is 131 Å². The summed E-state index contributed by atoms with van der Waals surface area (Å²) in [6.45, 7) is 5.12. The van der Waals surface area contributed by atoms with Crippen LogP contribution >= 0.6 is 0 Å². The smallest absolute Gasteiger partial charge is 0.222 e. The van der Waals surface area contributed by atoms with Crippen LogP contribution in [0, 0.1) is 6.92 Å². The van der Waals surface area contributed by atoms with Crippen molar-refractivity contribution in [1.29, 1.82) is 0 Å². The number of furan rings is 1. The molecule has 1 aromatic carbocycles. The van der Waals surface area contributed by atoms with Gasteiger partial charge in [-0.25, -0.2) is 0 Å². The van der Waals surface area contributed by atoms with Gasteiger partial charge in [0.25, 0.3) is 0 Å². The van der Waals surface area contributed by atoms with Crippen LogP contribution in [0.3, 0.4) is 0 Å². The lowest BCUT2D eigenvalue weighted by molar-refractivity contribution is -0.128. The molecule has 0 atom stereocenters. The number of nitrogens with one attached hydrogen (secondary N) is 1. The van der Waals surface area contributed by atoms with Crippen molar-refractivity contribution in [3.05, 3.63) is 59.0 Å². The number of amides is 1. The minimum Gasteiger partial charge on any atom is -0.465 e. The number of hydrogen-bond acceptors (Lipinski definition) is 3. The summed E-state index contributed by atoms with van der Waals surface area (Å²) in [4.78, 5) is 13.6. The predicted octanol–water partition coefficient (Wildman–Crippen LogP) is 3.00. The minimum absolute atomic E-state index is 0.277. The number of carbonyl (C=O) groups is 1. The largest absolute Gasteiger partial charge is 0.465 e. The number of rotatable bonds is 6. The zero-order valence-electron chi connectivity index (χ0n) is 13.0. The number of likely N-dealkylation sites (tertiary alicyclic amines) is 1. The topological polar surface area (TPSA) is 45.5 Å². The molecule has 1 amide bonds. The van der Waals surface area contributed by atoms with Crippen molar-refractivity contribution in [3.8, 4) is 0 Å². The van der Waals surface area contributed by atoms with Crippen molar-refractivity contribution in [1.82, 2.24) is 10.2 Å². The van der Waals surface area contributed by atoms with E-state index >= 15 is 0 Å². The lowest BCUT2D eigenvalue weighted by atomic mass is 10.1. The molecule has 1 saturated heterocycles. The van der Waals surface area contributed by atoms with Crippen LogP contribution in [0.2, 0.25) is 0 Å². The van der Waals surface area contributed by atoms with Gasteiger partial charge in [-0.1, -0.05) is 24.3 Å². The summed E-state index contributed by atoms with van der Waals surface area (Å²) >= 11 is 0. The van der Waals surface area contributed by atoms with Gasteiger partial charge in [-0.15, -0.1) is 0 Å². The maximum atomic E-state index is 11.6. The van der Waals surface area contributed by atoms with Crippen LogP contribution in [-0.4, -0.2) is 17.4 Å². The van der Waals surface area contributed by atoms with Crippen LogP contribution in [0.15, 0.2) is 40.8 Å². The normalized spacial score (nSPS) is 14.8. The van der Waals surface area contributed by atoms with E-state index in [2.05, 4.69) is 29.6 Å². The molecule has 0 saturated carbocycles. The Balaban J connectivity index is 1.47. The average molecular weight is 298 g/mol. The van der Waals surface area contributed by atoms with E-state index in [9.17, 15) is 4.79 Å². The van der Waals surface area contributed by atoms with Crippen molar-refractivity contribution in [2.75, 3.05) is 6.54 Å². The number of benzene rings is 1. The highest BCUT2D eigenvalue weighted by Gasteiger charge is 2.19. The lowest BCUT2D eigenvalue weighted by Crippen LogP contribution is -2.23. The van der Waals surface area contributed by atoms with Gasteiger partial charge in [0, 0.05) is 26.1 Å². The summed E-state index contributed by atoms with van der Waals surface area (Å²) in [5, 5.41) is 3.37. The molecule has 1 N–H and O–H groups in total. The molecular weight excluding hydrogens is 276 g/mol. The van der Waals surface area contributed by atoms with Gasteiger partial charge in [0.05, 0.1) is 6.54 Å². The summed E-state index contributed by atoms with van der Waals surface area (Å²) in [7, 11) is 0. The van der Waals surface area contributed by atoms with E-state index in [0.29, 0.717) is 6.42 Å². The summed E-state index contributed by atoms with van der Waals surface area (Å²) < 4.78 is 5.53. The molecule has 4 nitrogen and oxygen atoms in total. The molecule has 2 heterocycles. The Hall–Kier alpha value is -2.07. The van der Waals surface area contributed by atoms with E-state index in [4.69, 9.17) is 4.42 Å². The standard InChI is InChI=1S/C18H22N2O2/c1-14-4-9-17(22-14)12-19-11-15-5-7-16(8-6-15)13-20-10-2-3-18(20)21/h4-9,19H,2-3,10-13H2,1H3. The zero-order valence-corrected chi connectivity index (χ0v) is 13.0. The van der Waals surface area contributed by atoms with E-state index in [1.165, 1.54) is 11.1 Å². The van der Waals surface area contributed by atoms with Crippen LogP contribution in [-0.2, 0) is 24.4 Å². The van der Waals surface area contributed by atoms with Crippen molar-refractivity contribution < 1.29 is 9.21 Å². The molecular formula is C18H22N2O2. The maximum Gasteiger partial charge on any atom is 0.222 e. The fourth-order valence-electron chi connectivity index (χ4n) is 2.76. The molecule has 1 aliphatic rings. The van der Waals surface area contributed by atoms with Gasteiger partial charge in [-0.05, 0) is 36.6 Å². The second-order valence-electron chi connectivity index (χ2n) is 5.85. The number of aryl methyl sites for hydroxylation is 1. The second-order valence-corrected chi connectivity index (χ2v) is 5.85. The molecule has 0 radical (unpaired) electrons. The first-order valence-electron chi connectivity index (χ1n) is 7.82. The third-order valence-electron chi connectivity index (χ3n) is 3.99. The SMILES string of the molecule is Cc1ccc(CNCc2ccc(CN3CCCC3=O)cc2)o1. The third kappa shape index (κ3) is 3.77. The van der Waals surface area contributed by atoms with E-state index < -0.39 is 0 Å². The Morgan fingerprint density at radius 3 is 2.50 bits per heavy atom. The van der Waals surface area contributed by atoms with E-state index in [1.807, 2.05) is 24.0 Å². The fraction of sp³-hybridized carbons (Fsp3) is 0.389. The number of nitrogens with zero attached hydrogens (tertiary/aromatic N) is 1. The highest BCUT2D eigenvalue weighted by Crippen LogP contribution is 2.15. The van der Waals surface area contributed by atoms with Gasteiger partial charge in [-0.3, -0.25) is 4.79 Å². The molecule has 2 aromatic rings. The molecule has 1 aromatic heterocycles. The minimum atomic E-state index is 0.277. The van der Waals surface area contributed by atoms with Gasteiger partial charge in [0.15, 0.2) is 0 Å². The first kappa shape index (κ1) is 14.9. The molecule has 0 bridgehead atoms. The molecule has 4 heteroatoms. The molecule has 3 rings (SSSR count). The molecule has 1 aliphatic heterocycles. The Morgan fingerprint density at radius 2 is 1.86 bits per heavy atom. The molecule has 0 spiro atoms. The van der Waals surface area contributed by atoms with Crippen LogP contribution in [0.4, 0.5) is 0 Å². The van der Waals surface area contributed by atoms with Crippen LogP contribution in [0.5, 0.6) is 0 Å². The van der Waals surface area contributed by atoms with Crippen LogP contribution in [0.25, 0.3) is 0 Å². The number of carbonyl (C=O) groups excluding carboxylic acids is 1. The quantitative estimate of drug-likeness (QED) is 0.891. The fourth-order valence-corrected chi connectivity index (χ4v) is 2.76. The average Bonchev–Trinajstić information content (AvgIpc) is 3.10. The van der Waals surface area contributed by atoms with Gasteiger partial charge >= 0.3 is 0 Å². The highest BCUT2D eigenvalue weighted by molar-refractivity contribution is 5.78. The molecule has 0 unspecified atom stereocenters. The summed E-state index contributed by atoms with van der Waals surface area (Å²) in [6, 6.07) is 12.4. The monoisotopic (exact) mass is 298 g/mol.